The molecule has 0 spiro atoms. The van der Waals surface area contributed by atoms with E-state index in [0.29, 0.717) is 23.7 Å². The zero-order valence-corrected chi connectivity index (χ0v) is 17.1. The summed E-state index contributed by atoms with van der Waals surface area (Å²) >= 11 is 0. The molecular formula is C22H30N4O2. The quantitative estimate of drug-likeness (QED) is 0.803. The number of aryl methyl sites for hydroxylation is 1. The summed E-state index contributed by atoms with van der Waals surface area (Å²) < 4.78 is 5.52. The lowest BCUT2D eigenvalue weighted by molar-refractivity contribution is -0.122. The first-order valence-electron chi connectivity index (χ1n) is 10.6. The summed E-state index contributed by atoms with van der Waals surface area (Å²) in [6.45, 7) is 6.99. The van der Waals surface area contributed by atoms with Crippen LogP contribution in [0.3, 0.4) is 0 Å². The molecular weight excluding hydrogens is 352 g/mol. The Kier molecular flexibility index (Phi) is 5.47. The van der Waals surface area contributed by atoms with E-state index >= 15 is 0 Å². The second-order valence-electron chi connectivity index (χ2n) is 8.75. The number of amides is 1. The monoisotopic (exact) mass is 382 g/mol. The van der Waals surface area contributed by atoms with Crippen molar-refractivity contribution in [3.63, 3.8) is 0 Å². The molecule has 1 N–H and O–H groups in total. The van der Waals surface area contributed by atoms with Gasteiger partial charge < -0.3 is 9.84 Å². The van der Waals surface area contributed by atoms with E-state index in [4.69, 9.17) is 9.51 Å². The molecule has 6 nitrogen and oxygen atoms in total. The molecule has 0 aliphatic heterocycles. The fraction of sp³-hybridized carbons (Fsp3) is 0.636. The first-order valence-corrected chi connectivity index (χ1v) is 10.6. The Balaban J connectivity index is 1.47. The van der Waals surface area contributed by atoms with Crippen molar-refractivity contribution in [2.75, 3.05) is 6.54 Å². The lowest BCUT2D eigenvalue weighted by Crippen LogP contribution is -2.32. The van der Waals surface area contributed by atoms with Gasteiger partial charge in [-0.25, -0.2) is 9.97 Å². The Bertz CT molecular complexity index is 833. The van der Waals surface area contributed by atoms with Gasteiger partial charge in [0.25, 0.3) is 0 Å². The van der Waals surface area contributed by atoms with Gasteiger partial charge in [-0.15, -0.1) is 0 Å². The van der Waals surface area contributed by atoms with Gasteiger partial charge in [0, 0.05) is 36.6 Å². The first-order chi connectivity index (χ1) is 13.5. The lowest BCUT2D eigenvalue weighted by atomic mass is 9.79. The van der Waals surface area contributed by atoms with Crippen LogP contribution >= 0.6 is 0 Å². The number of rotatable bonds is 6. The molecule has 150 valence electrons. The van der Waals surface area contributed by atoms with E-state index in [-0.39, 0.29) is 5.91 Å². The Morgan fingerprint density at radius 1 is 1.21 bits per heavy atom. The number of aromatic nitrogens is 3. The van der Waals surface area contributed by atoms with Gasteiger partial charge >= 0.3 is 0 Å². The topological polar surface area (TPSA) is 80.9 Å². The summed E-state index contributed by atoms with van der Waals surface area (Å²) in [6.07, 6.45) is 8.43. The van der Waals surface area contributed by atoms with Crippen LogP contribution in [-0.2, 0) is 4.79 Å². The van der Waals surface area contributed by atoms with Crippen molar-refractivity contribution in [2.45, 2.75) is 71.1 Å². The summed E-state index contributed by atoms with van der Waals surface area (Å²) in [5.41, 5.74) is 2.93. The summed E-state index contributed by atoms with van der Waals surface area (Å²) in [5.74, 6) is 3.44. The van der Waals surface area contributed by atoms with Crippen LogP contribution in [0.15, 0.2) is 16.8 Å². The smallest absolute Gasteiger partial charge is 0.223 e. The van der Waals surface area contributed by atoms with Crippen molar-refractivity contribution in [3.05, 3.63) is 29.5 Å². The van der Waals surface area contributed by atoms with Gasteiger partial charge in [-0.3, -0.25) is 4.79 Å². The Morgan fingerprint density at radius 2 is 1.96 bits per heavy atom. The minimum Gasteiger partial charge on any atom is -0.356 e. The van der Waals surface area contributed by atoms with Crippen LogP contribution in [0.4, 0.5) is 0 Å². The molecule has 0 bridgehead atoms. The van der Waals surface area contributed by atoms with Crippen molar-refractivity contribution in [2.24, 2.45) is 11.8 Å². The van der Waals surface area contributed by atoms with Gasteiger partial charge in [0.15, 0.2) is 5.76 Å². The zero-order chi connectivity index (χ0) is 19.7. The van der Waals surface area contributed by atoms with E-state index in [0.717, 1.165) is 73.6 Å². The molecule has 1 amide bonds. The van der Waals surface area contributed by atoms with Crippen LogP contribution in [0.2, 0.25) is 0 Å². The van der Waals surface area contributed by atoms with Crippen LogP contribution < -0.4 is 5.32 Å². The molecule has 2 aliphatic carbocycles. The highest BCUT2D eigenvalue weighted by Gasteiger charge is 2.31. The van der Waals surface area contributed by atoms with Gasteiger partial charge in [0.2, 0.25) is 5.91 Å². The van der Waals surface area contributed by atoms with Crippen molar-refractivity contribution in [1.29, 1.82) is 0 Å². The molecule has 6 heteroatoms. The number of nitrogens with one attached hydrogen (secondary N) is 1. The standard InChI is InChI=1S/C22H30N4O2/c1-13(2)21-23-12-18(19-10-14(3)26-28-19)20(25-21)16-6-4-15(5-7-16)11-24-22(27)17-8-9-17/h10,12-13,15-17H,4-9,11H2,1-3H3,(H,24,27). The number of hydrogen-bond donors (Lipinski definition) is 1. The number of nitrogens with zero attached hydrogens (tertiary/aromatic N) is 3. The van der Waals surface area contributed by atoms with Crippen molar-refractivity contribution in [1.82, 2.24) is 20.4 Å². The van der Waals surface area contributed by atoms with Gasteiger partial charge in [0.1, 0.15) is 5.82 Å². The maximum atomic E-state index is 11.9. The van der Waals surface area contributed by atoms with E-state index in [9.17, 15) is 4.79 Å². The first kappa shape index (κ1) is 19.1. The molecule has 0 radical (unpaired) electrons. The van der Waals surface area contributed by atoms with Gasteiger partial charge in [-0.1, -0.05) is 19.0 Å². The molecule has 2 fully saturated rings. The summed E-state index contributed by atoms with van der Waals surface area (Å²) in [5, 5.41) is 7.18. The van der Waals surface area contributed by atoms with Crippen molar-refractivity contribution >= 4 is 5.91 Å². The minimum absolute atomic E-state index is 0.252. The highest BCUT2D eigenvalue weighted by Crippen LogP contribution is 2.39. The van der Waals surface area contributed by atoms with E-state index in [1.165, 1.54) is 0 Å². The number of carbonyl (C=O) groups excluding carboxylic acids is 1. The third-order valence-electron chi connectivity index (χ3n) is 5.99. The molecule has 2 aromatic heterocycles. The maximum Gasteiger partial charge on any atom is 0.223 e. The fourth-order valence-corrected chi connectivity index (χ4v) is 4.05. The molecule has 0 atom stereocenters. The highest BCUT2D eigenvalue weighted by atomic mass is 16.5. The molecule has 2 heterocycles. The zero-order valence-electron chi connectivity index (χ0n) is 17.1. The molecule has 28 heavy (non-hydrogen) atoms. The molecule has 0 saturated heterocycles. The van der Waals surface area contributed by atoms with Crippen molar-refractivity contribution in [3.8, 4) is 11.3 Å². The predicted octanol–water partition coefficient (Wildman–Crippen LogP) is 4.36. The van der Waals surface area contributed by atoms with E-state index in [2.05, 4.69) is 29.3 Å². The van der Waals surface area contributed by atoms with Crippen molar-refractivity contribution < 1.29 is 9.32 Å². The largest absolute Gasteiger partial charge is 0.356 e. The Labute approximate surface area is 166 Å². The number of carbonyl (C=O) groups is 1. The van der Waals surface area contributed by atoms with Crippen LogP contribution in [-0.4, -0.2) is 27.6 Å². The third kappa shape index (κ3) is 4.26. The SMILES string of the molecule is Cc1cc(-c2cnc(C(C)C)nc2C2CCC(CNC(=O)C3CC3)CC2)on1. The summed E-state index contributed by atoms with van der Waals surface area (Å²) in [7, 11) is 0. The van der Waals surface area contributed by atoms with Gasteiger partial charge in [-0.05, 0) is 51.4 Å². The van der Waals surface area contributed by atoms with Gasteiger partial charge in [-0.2, -0.15) is 0 Å². The maximum absolute atomic E-state index is 11.9. The highest BCUT2D eigenvalue weighted by molar-refractivity contribution is 5.80. The molecule has 2 aliphatic rings. The van der Waals surface area contributed by atoms with E-state index in [1.54, 1.807) is 0 Å². The fourth-order valence-electron chi connectivity index (χ4n) is 4.05. The molecule has 0 unspecified atom stereocenters. The Morgan fingerprint density at radius 3 is 2.57 bits per heavy atom. The van der Waals surface area contributed by atoms with Crippen LogP contribution in [0, 0.1) is 18.8 Å². The van der Waals surface area contributed by atoms with Crippen LogP contribution in [0.1, 0.15) is 81.4 Å². The molecule has 2 saturated carbocycles. The summed E-state index contributed by atoms with van der Waals surface area (Å²) in [4.78, 5) is 21.4. The average Bonchev–Trinajstić information content (AvgIpc) is 3.47. The molecule has 4 rings (SSSR count). The van der Waals surface area contributed by atoms with E-state index in [1.807, 2.05) is 19.2 Å². The molecule has 2 aromatic rings. The molecule has 0 aromatic carbocycles. The van der Waals surface area contributed by atoms with Crippen LogP contribution in [0.25, 0.3) is 11.3 Å². The second kappa shape index (κ2) is 8.02. The average molecular weight is 383 g/mol. The van der Waals surface area contributed by atoms with E-state index < -0.39 is 0 Å². The Hall–Kier alpha value is -2.24. The third-order valence-corrected chi connectivity index (χ3v) is 5.99. The lowest BCUT2D eigenvalue weighted by Gasteiger charge is -2.29. The van der Waals surface area contributed by atoms with Crippen LogP contribution in [0.5, 0.6) is 0 Å². The predicted molar refractivity (Wildman–Crippen MR) is 107 cm³/mol. The minimum atomic E-state index is 0.252. The normalized spacial score (nSPS) is 22.4. The number of hydrogen-bond acceptors (Lipinski definition) is 5. The van der Waals surface area contributed by atoms with Gasteiger partial charge in [0.05, 0.1) is 17.0 Å². The summed E-state index contributed by atoms with van der Waals surface area (Å²) in [6, 6.07) is 1.95. The second-order valence-corrected chi connectivity index (χ2v) is 8.75.